The van der Waals surface area contributed by atoms with Crippen molar-refractivity contribution < 1.29 is 4.42 Å². The SMILES string of the molecule is Cc1cc2c3c(c1)N(c1ccc(C(C)(C)C)cc1)c1c(oc4ccc(C(C)(C)C)cc14)B3c1cc3c(cc1N2c1cccc(-c2ccccc2)c1)C(C)(C)CCC3(C)C. The van der Waals surface area contributed by atoms with Crippen LogP contribution in [0.25, 0.3) is 22.1 Å². The summed E-state index contributed by atoms with van der Waals surface area (Å²) in [6.45, 7) is 25.7. The molecule has 0 amide bonds. The molecule has 1 aliphatic carbocycles. The molecule has 7 aromatic rings. The van der Waals surface area contributed by atoms with Crippen molar-refractivity contribution in [1.82, 2.24) is 0 Å². The Morgan fingerprint density at radius 2 is 1.17 bits per heavy atom. The first-order chi connectivity index (χ1) is 27.9. The average molecular weight is 773 g/mol. The van der Waals surface area contributed by atoms with Gasteiger partial charge in [-0.2, -0.15) is 0 Å². The maximum atomic E-state index is 7.32. The number of fused-ring (bicyclic) bond motifs is 7. The van der Waals surface area contributed by atoms with E-state index < -0.39 is 0 Å². The zero-order valence-electron chi connectivity index (χ0n) is 36.8. The lowest BCUT2D eigenvalue weighted by atomic mass is 9.35. The van der Waals surface area contributed by atoms with Crippen LogP contribution in [0.15, 0.2) is 126 Å². The lowest BCUT2D eigenvalue weighted by Crippen LogP contribution is -2.61. The number of anilines is 6. The topological polar surface area (TPSA) is 19.6 Å². The number of rotatable bonds is 3. The molecule has 0 spiro atoms. The van der Waals surface area contributed by atoms with E-state index in [0.29, 0.717) is 0 Å². The first kappa shape index (κ1) is 37.8. The van der Waals surface area contributed by atoms with Crippen molar-refractivity contribution in [3.05, 3.63) is 149 Å². The summed E-state index contributed by atoms with van der Waals surface area (Å²) in [5, 5.41) is 1.17. The van der Waals surface area contributed by atoms with E-state index in [4.69, 9.17) is 4.42 Å². The second-order valence-corrected chi connectivity index (χ2v) is 21.0. The van der Waals surface area contributed by atoms with Crippen molar-refractivity contribution in [1.29, 1.82) is 0 Å². The quantitative estimate of drug-likeness (QED) is 0.167. The first-order valence-corrected chi connectivity index (χ1v) is 21.7. The minimum Gasteiger partial charge on any atom is -0.468 e. The molecule has 3 nitrogen and oxygen atoms in total. The molecule has 3 aliphatic rings. The zero-order valence-corrected chi connectivity index (χ0v) is 36.8. The van der Waals surface area contributed by atoms with Gasteiger partial charge in [-0.25, -0.2) is 0 Å². The molecule has 0 fully saturated rings. The van der Waals surface area contributed by atoms with Gasteiger partial charge < -0.3 is 14.2 Å². The fourth-order valence-electron chi connectivity index (χ4n) is 10.3. The van der Waals surface area contributed by atoms with Crippen molar-refractivity contribution in [2.75, 3.05) is 9.80 Å². The lowest BCUT2D eigenvalue weighted by Gasteiger charge is -2.46. The van der Waals surface area contributed by atoms with Crippen molar-refractivity contribution >= 4 is 68.4 Å². The second kappa shape index (κ2) is 12.8. The third-order valence-electron chi connectivity index (χ3n) is 13.8. The number of nitrogens with zero attached hydrogens (tertiary/aromatic N) is 2. The molecule has 296 valence electrons. The summed E-state index contributed by atoms with van der Waals surface area (Å²) >= 11 is 0. The fourth-order valence-corrected chi connectivity index (χ4v) is 10.3. The molecule has 0 bridgehead atoms. The minimum absolute atomic E-state index is 0.0163. The second-order valence-electron chi connectivity index (χ2n) is 21.0. The Labute approximate surface area is 352 Å². The van der Waals surface area contributed by atoms with Gasteiger partial charge in [0.1, 0.15) is 5.58 Å². The Morgan fingerprint density at radius 3 is 1.83 bits per heavy atom. The van der Waals surface area contributed by atoms with Gasteiger partial charge >= 0.3 is 0 Å². The van der Waals surface area contributed by atoms with E-state index in [1.54, 1.807) is 0 Å². The molecule has 0 atom stereocenters. The Balaban J connectivity index is 1.32. The van der Waals surface area contributed by atoms with Crippen LogP contribution < -0.4 is 26.4 Å². The fraction of sp³-hybridized carbons (Fsp3) is 0.309. The number of hydrogen-bond donors (Lipinski definition) is 0. The monoisotopic (exact) mass is 772 g/mol. The highest BCUT2D eigenvalue weighted by Crippen LogP contribution is 2.52. The van der Waals surface area contributed by atoms with Crippen LogP contribution in [0.5, 0.6) is 0 Å². The summed E-state index contributed by atoms with van der Waals surface area (Å²) in [5.41, 5.74) is 21.1. The molecule has 1 aromatic heterocycles. The number of benzene rings is 6. The molecule has 0 N–H and O–H groups in total. The van der Waals surface area contributed by atoms with Crippen molar-refractivity contribution in [2.24, 2.45) is 0 Å². The van der Waals surface area contributed by atoms with Gasteiger partial charge in [-0.1, -0.05) is 136 Å². The Bertz CT molecular complexity index is 2810. The van der Waals surface area contributed by atoms with Crippen LogP contribution >= 0.6 is 0 Å². The molecule has 2 aliphatic heterocycles. The maximum absolute atomic E-state index is 7.32. The molecular weight excluding hydrogens is 715 g/mol. The Kier molecular flexibility index (Phi) is 8.17. The van der Waals surface area contributed by atoms with Gasteiger partial charge in [-0.05, 0) is 146 Å². The number of furan rings is 1. The third-order valence-corrected chi connectivity index (χ3v) is 13.8. The molecule has 10 rings (SSSR count). The van der Waals surface area contributed by atoms with E-state index in [1.807, 2.05) is 0 Å². The molecule has 59 heavy (non-hydrogen) atoms. The Hall–Kier alpha value is -5.48. The summed E-state index contributed by atoms with van der Waals surface area (Å²) in [4.78, 5) is 5.10. The highest BCUT2D eigenvalue weighted by Gasteiger charge is 2.49. The van der Waals surface area contributed by atoms with Gasteiger partial charge in [0, 0.05) is 33.8 Å². The summed E-state index contributed by atoms with van der Waals surface area (Å²) in [7, 11) is 0. The number of hydrogen-bond acceptors (Lipinski definition) is 3. The predicted molar refractivity (Wildman–Crippen MR) is 253 cm³/mol. The van der Waals surface area contributed by atoms with Crippen molar-refractivity contribution in [3.8, 4) is 11.1 Å². The zero-order chi connectivity index (χ0) is 41.4. The first-order valence-electron chi connectivity index (χ1n) is 21.7. The standard InChI is InChI=1S/C55H57BN2O/c1-34-28-46-49-47(29-34)58(39-23-20-37(21-24-39)52(2,3)4)50-41-31-38(53(5,6)7)22-25-48(41)59-51(50)56(49)44-32-42-43(55(10,11)27-26-54(42,8)9)33-45(44)57(46)40-19-15-18-36(30-40)35-16-13-12-14-17-35/h12-25,28-33H,26-27H2,1-11H3. The minimum atomic E-state index is -0.0964. The van der Waals surface area contributed by atoms with Crippen LogP contribution in [0.2, 0.25) is 0 Å². The van der Waals surface area contributed by atoms with Gasteiger partial charge in [0.15, 0.2) is 0 Å². The smallest absolute Gasteiger partial charge is 0.297 e. The molecule has 6 aromatic carbocycles. The van der Waals surface area contributed by atoms with Crippen molar-refractivity contribution in [2.45, 2.75) is 111 Å². The summed E-state index contributed by atoms with van der Waals surface area (Å²) in [5.74, 6) is 0. The third kappa shape index (κ3) is 5.92. The van der Waals surface area contributed by atoms with Gasteiger partial charge in [-0.15, -0.1) is 0 Å². The Morgan fingerprint density at radius 1 is 0.559 bits per heavy atom. The van der Waals surface area contributed by atoms with Gasteiger partial charge in [0.2, 0.25) is 0 Å². The van der Waals surface area contributed by atoms with E-state index >= 15 is 0 Å². The summed E-state index contributed by atoms with van der Waals surface area (Å²) in [6.07, 6.45) is 2.31. The molecule has 0 saturated heterocycles. The summed E-state index contributed by atoms with van der Waals surface area (Å²) in [6, 6.07) is 46.1. The molecule has 4 heteroatoms. The predicted octanol–water partition coefficient (Wildman–Crippen LogP) is 13.4. The normalized spacial score (nSPS) is 16.4. The molecule has 0 unspecified atom stereocenters. The van der Waals surface area contributed by atoms with Crippen LogP contribution in [-0.2, 0) is 21.7 Å². The number of aryl methyl sites for hydroxylation is 1. The van der Waals surface area contributed by atoms with Crippen LogP contribution in [0.1, 0.15) is 110 Å². The van der Waals surface area contributed by atoms with E-state index in [2.05, 4.69) is 207 Å². The molecule has 3 heterocycles. The highest BCUT2D eigenvalue weighted by atomic mass is 16.3. The van der Waals surface area contributed by atoms with Gasteiger partial charge in [-0.3, -0.25) is 0 Å². The molecule has 0 saturated carbocycles. The van der Waals surface area contributed by atoms with Crippen LogP contribution in [0.3, 0.4) is 0 Å². The van der Waals surface area contributed by atoms with Crippen molar-refractivity contribution in [3.63, 3.8) is 0 Å². The highest BCUT2D eigenvalue weighted by molar-refractivity contribution is 7.00. The largest absolute Gasteiger partial charge is 0.468 e. The van der Waals surface area contributed by atoms with E-state index in [9.17, 15) is 0 Å². The van der Waals surface area contributed by atoms with Crippen LogP contribution in [0, 0.1) is 6.92 Å². The van der Waals surface area contributed by atoms with E-state index in [0.717, 1.165) is 41.1 Å². The van der Waals surface area contributed by atoms with Gasteiger partial charge in [0.05, 0.1) is 11.3 Å². The van der Waals surface area contributed by atoms with Crippen LogP contribution in [0.4, 0.5) is 34.1 Å². The lowest BCUT2D eigenvalue weighted by molar-refractivity contribution is 0.332. The summed E-state index contributed by atoms with van der Waals surface area (Å²) < 4.78 is 7.32. The molecular formula is C55H57BN2O. The van der Waals surface area contributed by atoms with Crippen LogP contribution in [-0.4, -0.2) is 6.71 Å². The van der Waals surface area contributed by atoms with E-state index in [1.165, 1.54) is 72.3 Å². The van der Waals surface area contributed by atoms with Gasteiger partial charge in [0.25, 0.3) is 6.71 Å². The molecule has 0 radical (unpaired) electrons. The average Bonchev–Trinajstić information content (AvgIpc) is 3.57. The maximum Gasteiger partial charge on any atom is 0.297 e. The van der Waals surface area contributed by atoms with E-state index in [-0.39, 0.29) is 28.4 Å².